The molecule has 56 valence electrons. The summed E-state index contributed by atoms with van der Waals surface area (Å²) in [5.41, 5.74) is 0. The van der Waals surface area contributed by atoms with Crippen LogP contribution in [0.25, 0.3) is 0 Å². The van der Waals surface area contributed by atoms with E-state index in [2.05, 4.69) is 9.40 Å². The quantitative estimate of drug-likeness (QED) is 0.675. The first kappa shape index (κ1) is 7.14. The fourth-order valence-corrected chi connectivity index (χ4v) is 0.472. The SMILES string of the molecule is OCC(F)(F)c1ncco1. The summed E-state index contributed by atoms with van der Waals surface area (Å²) in [6, 6.07) is 0. The number of aromatic nitrogens is 1. The van der Waals surface area contributed by atoms with E-state index < -0.39 is 18.4 Å². The predicted octanol–water partition coefficient (Wildman–Crippen LogP) is 0.759. The van der Waals surface area contributed by atoms with Crippen molar-refractivity contribution in [3.8, 4) is 0 Å². The maximum atomic E-state index is 12.3. The van der Waals surface area contributed by atoms with Crippen LogP contribution in [0.1, 0.15) is 5.89 Å². The zero-order chi connectivity index (χ0) is 7.61. The van der Waals surface area contributed by atoms with Gasteiger partial charge in [-0.15, -0.1) is 0 Å². The Hall–Kier alpha value is -0.970. The van der Waals surface area contributed by atoms with Gasteiger partial charge in [0.15, 0.2) is 0 Å². The highest BCUT2D eigenvalue weighted by atomic mass is 19.3. The summed E-state index contributed by atoms with van der Waals surface area (Å²) in [4.78, 5) is 3.18. The topological polar surface area (TPSA) is 46.3 Å². The molecule has 0 saturated carbocycles. The zero-order valence-electron chi connectivity index (χ0n) is 4.92. The van der Waals surface area contributed by atoms with Gasteiger partial charge >= 0.3 is 5.92 Å². The number of hydrogen-bond donors (Lipinski definition) is 1. The number of alkyl halides is 2. The van der Waals surface area contributed by atoms with Gasteiger partial charge in [0, 0.05) is 0 Å². The summed E-state index contributed by atoms with van der Waals surface area (Å²) in [5, 5.41) is 8.12. The van der Waals surface area contributed by atoms with Crippen LogP contribution < -0.4 is 0 Å². The van der Waals surface area contributed by atoms with Crippen molar-refractivity contribution < 1.29 is 18.3 Å². The lowest BCUT2D eigenvalue weighted by molar-refractivity contribution is -0.0765. The van der Waals surface area contributed by atoms with E-state index in [0.29, 0.717) is 0 Å². The molecule has 0 aliphatic carbocycles. The minimum atomic E-state index is -3.36. The molecule has 0 aliphatic heterocycles. The number of aliphatic hydroxyl groups is 1. The van der Waals surface area contributed by atoms with Gasteiger partial charge in [-0.1, -0.05) is 0 Å². The molecule has 1 heterocycles. The first-order valence-electron chi connectivity index (χ1n) is 2.55. The Kier molecular flexibility index (Phi) is 1.67. The molecule has 0 bridgehead atoms. The Balaban J connectivity index is 2.85. The van der Waals surface area contributed by atoms with E-state index in [1.807, 2.05) is 0 Å². The molecule has 1 aromatic heterocycles. The Morgan fingerprint density at radius 3 is 2.80 bits per heavy atom. The van der Waals surface area contributed by atoms with Gasteiger partial charge in [-0.3, -0.25) is 0 Å². The van der Waals surface area contributed by atoms with Crippen molar-refractivity contribution in [3.05, 3.63) is 18.4 Å². The fourth-order valence-electron chi connectivity index (χ4n) is 0.472. The van der Waals surface area contributed by atoms with Gasteiger partial charge in [-0.05, 0) is 0 Å². The van der Waals surface area contributed by atoms with E-state index >= 15 is 0 Å². The monoisotopic (exact) mass is 149 g/mol. The Morgan fingerprint density at radius 2 is 2.40 bits per heavy atom. The highest BCUT2D eigenvalue weighted by molar-refractivity contribution is 4.90. The van der Waals surface area contributed by atoms with Crippen molar-refractivity contribution in [2.45, 2.75) is 5.92 Å². The first-order chi connectivity index (χ1) is 4.67. The smallest absolute Gasteiger partial charge is 0.344 e. The average Bonchev–Trinajstić information content (AvgIpc) is 2.38. The normalized spacial score (nSPS) is 11.9. The van der Waals surface area contributed by atoms with Gasteiger partial charge in [0.25, 0.3) is 5.89 Å². The van der Waals surface area contributed by atoms with Crippen molar-refractivity contribution in [3.63, 3.8) is 0 Å². The summed E-state index contributed by atoms with van der Waals surface area (Å²) in [7, 11) is 0. The van der Waals surface area contributed by atoms with Crippen molar-refractivity contribution in [2.24, 2.45) is 0 Å². The van der Waals surface area contributed by atoms with Crippen LogP contribution in [0.2, 0.25) is 0 Å². The molecule has 0 spiro atoms. The molecule has 1 aromatic rings. The average molecular weight is 149 g/mol. The first-order valence-corrected chi connectivity index (χ1v) is 2.55. The minimum absolute atomic E-state index is 0.755. The van der Waals surface area contributed by atoms with Crippen molar-refractivity contribution >= 4 is 0 Å². The van der Waals surface area contributed by atoms with Crippen LogP contribution in [0, 0.1) is 0 Å². The van der Waals surface area contributed by atoms with Crippen molar-refractivity contribution in [1.82, 2.24) is 4.98 Å². The molecule has 0 radical (unpaired) electrons. The second kappa shape index (κ2) is 2.34. The molecule has 0 fully saturated rings. The predicted molar refractivity (Wildman–Crippen MR) is 27.5 cm³/mol. The molecule has 5 heteroatoms. The molecule has 3 nitrogen and oxygen atoms in total. The van der Waals surface area contributed by atoms with Crippen LogP contribution in [-0.4, -0.2) is 16.7 Å². The van der Waals surface area contributed by atoms with Crippen LogP contribution >= 0.6 is 0 Å². The number of rotatable bonds is 2. The van der Waals surface area contributed by atoms with Gasteiger partial charge in [-0.25, -0.2) is 4.98 Å². The Bertz CT molecular complexity index is 197. The second-order valence-corrected chi connectivity index (χ2v) is 1.70. The molecule has 10 heavy (non-hydrogen) atoms. The molecule has 1 N–H and O–H groups in total. The van der Waals surface area contributed by atoms with E-state index in [-0.39, 0.29) is 0 Å². The summed E-state index contributed by atoms with van der Waals surface area (Å²) >= 11 is 0. The molecule has 0 unspecified atom stereocenters. The number of oxazole rings is 1. The van der Waals surface area contributed by atoms with E-state index in [1.54, 1.807) is 0 Å². The highest BCUT2D eigenvalue weighted by Crippen LogP contribution is 2.24. The van der Waals surface area contributed by atoms with Crippen molar-refractivity contribution in [2.75, 3.05) is 6.61 Å². The van der Waals surface area contributed by atoms with Crippen molar-refractivity contribution in [1.29, 1.82) is 0 Å². The molecular weight excluding hydrogens is 144 g/mol. The fraction of sp³-hybridized carbons (Fsp3) is 0.400. The van der Waals surface area contributed by atoms with Crippen LogP contribution in [0.4, 0.5) is 8.78 Å². The van der Waals surface area contributed by atoms with Crippen LogP contribution in [0.3, 0.4) is 0 Å². The summed E-state index contributed by atoms with van der Waals surface area (Å²) in [6.07, 6.45) is 2.12. The Labute approximate surface area is 55.3 Å². The van der Waals surface area contributed by atoms with Crippen LogP contribution in [0.5, 0.6) is 0 Å². The number of aliphatic hydroxyl groups excluding tert-OH is 1. The minimum Gasteiger partial charge on any atom is -0.444 e. The van der Waals surface area contributed by atoms with Gasteiger partial charge < -0.3 is 9.52 Å². The molecule has 0 saturated heterocycles. The van der Waals surface area contributed by atoms with E-state index in [9.17, 15) is 8.78 Å². The lowest BCUT2D eigenvalue weighted by atomic mass is 10.4. The largest absolute Gasteiger partial charge is 0.444 e. The number of hydrogen-bond acceptors (Lipinski definition) is 3. The second-order valence-electron chi connectivity index (χ2n) is 1.70. The zero-order valence-corrected chi connectivity index (χ0v) is 4.92. The standard InChI is InChI=1S/C5H5F2NO2/c6-5(7,3-9)4-8-1-2-10-4/h1-2,9H,3H2. The number of halogens is 2. The maximum absolute atomic E-state index is 12.3. The third-order valence-electron chi connectivity index (χ3n) is 0.944. The van der Waals surface area contributed by atoms with E-state index in [1.165, 1.54) is 0 Å². The highest BCUT2D eigenvalue weighted by Gasteiger charge is 2.35. The van der Waals surface area contributed by atoms with Crippen LogP contribution in [0.15, 0.2) is 16.9 Å². The third kappa shape index (κ3) is 1.13. The third-order valence-corrected chi connectivity index (χ3v) is 0.944. The summed E-state index contributed by atoms with van der Waals surface area (Å²) in [6.45, 7) is -1.28. The van der Waals surface area contributed by atoms with Gasteiger partial charge in [0.05, 0.1) is 6.20 Å². The molecule has 0 atom stereocenters. The number of nitrogens with zero attached hydrogens (tertiary/aromatic N) is 1. The molecule has 0 amide bonds. The summed E-state index contributed by atoms with van der Waals surface area (Å²) < 4.78 is 28.9. The maximum Gasteiger partial charge on any atom is 0.344 e. The van der Waals surface area contributed by atoms with Gasteiger partial charge in [0.1, 0.15) is 12.9 Å². The molecular formula is C5H5F2NO2. The van der Waals surface area contributed by atoms with Crippen LogP contribution in [-0.2, 0) is 5.92 Å². The van der Waals surface area contributed by atoms with Gasteiger partial charge in [0.2, 0.25) is 0 Å². The molecule has 0 aliphatic rings. The van der Waals surface area contributed by atoms with E-state index in [4.69, 9.17) is 5.11 Å². The summed E-state index contributed by atoms with van der Waals surface area (Å²) in [5.74, 6) is -4.11. The lowest BCUT2D eigenvalue weighted by Crippen LogP contribution is -2.18. The lowest BCUT2D eigenvalue weighted by Gasteiger charge is -2.06. The van der Waals surface area contributed by atoms with E-state index in [0.717, 1.165) is 12.5 Å². The van der Waals surface area contributed by atoms with Gasteiger partial charge in [-0.2, -0.15) is 8.78 Å². The molecule has 1 rings (SSSR count). The molecule has 0 aromatic carbocycles. The Morgan fingerprint density at radius 1 is 1.70 bits per heavy atom.